The molecule has 22 heavy (non-hydrogen) atoms. The van der Waals surface area contributed by atoms with Crippen molar-refractivity contribution in [2.24, 2.45) is 0 Å². The van der Waals surface area contributed by atoms with E-state index < -0.39 is 0 Å². The molecule has 0 spiro atoms. The van der Waals surface area contributed by atoms with Crippen LogP contribution in [0, 0.1) is 0 Å². The summed E-state index contributed by atoms with van der Waals surface area (Å²) in [7, 11) is 2.18. The molecular weight excluding hydrogens is 294 g/mol. The lowest BCUT2D eigenvalue weighted by molar-refractivity contribution is -0.0234. The van der Waals surface area contributed by atoms with E-state index in [0.717, 1.165) is 25.9 Å². The van der Waals surface area contributed by atoms with E-state index in [-0.39, 0.29) is 18.5 Å². The zero-order valence-electron chi connectivity index (χ0n) is 13.0. The van der Waals surface area contributed by atoms with Gasteiger partial charge in [-0.2, -0.15) is 0 Å². The second-order valence-corrected chi connectivity index (χ2v) is 5.84. The van der Waals surface area contributed by atoms with E-state index in [1.54, 1.807) is 0 Å². The van der Waals surface area contributed by atoms with Crippen LogP contribution in [0.3, 0.4) is 0 Å². The summed E-state index contributed by atoms with van der Waals surface area (Å²) in [6.07, 6.45) is 2.63. The number of likely N-dealkylation sites (tertiary alicyclic amines) is 1. The van der Waals surface area contributed by atoms with Crippen LogP contribution < -0.4 is 12.4 Å². The molecule has 2 aromatic rings. The lowest BCUT2D eigenvalue weighted by Crippen LogP contribution is -3.00. The topological polar surface area (TPSA) is 12.5 Å². The zero-order chi connectivity index (χ0) is 14.5. The van der Waals surface area contributed by atoms with E-state index in [9.17, 15) is 0 Å². The second-order valence-electron chi connectivity index (χ2n) is 5.84. The molecule has 1 aliphatic rings. The molecule has 0 radical (unpaired) electrons. The predicted molar refractivity (Wildman–Crippen MR) is 86.3 cm³/mol. The number of hydrogen-bond donors (Lipinski definition) is 0. The Morgan fingerprint density at radius 1 is 0.864 bits per heavy atom. The van der Waals surface area contributed by atoms with E-state index in [1.807, 2.05) is 0 Å². The molecule has 118 valence electrons. The minimum absolute atomic E-state index is 0. The van der Waals surface area contributed by atoms with Gasteiger partial charge in [0.15, 0.2) is 0 Å². The molecule has 0 saturated carbocycles. The van der Waals surface area contributed by atoms with Crippen LogP contribution in [0.25, 0.3) is 0 Å². The highest BCUT2D eigenvalue weighted by molar-refractivity contribution is 5.30. The van der Waals surface area contributed by atoms with Crippen LogP contribution in [0.5, 0.6) is 0 Å². The molecule has 0 unspecified atom stereocenters. The van der Waals surface area contributed by atoms with Crippen LogP contribution in [-0.4, -0.2) is 31.1 Å². The summed E-state index contributed by atoms with van der Waals surface area (Å²) in [6.45, 7) is 2.25. The number of piperidine rings is 1. The van der Waals surface area contributed by atoms with Crippen molar-refractivity contribution in [1.29, 1.82) is 0 Å². The van der Waals surface area contributed by atoms with Crippen LogP contribution in [0.15, 0.2) is 60.7 Å². The lowest BCUT2D eigenvalue weighted by Gasteiger charge is -2.32. The Hall–Kier alpha value is -1.35. The third-order valence-corrected chi connectivity index (χ3v) is 4.20. The summed E-state index contributed by atoms with van der Waals surface area (Å²) >= 11 is 0. The van der Waals surface area contributed by atoms with E-state index in [4.69, 9.17) is 4.74 Å². The first-order valence-corrected chi connectivity index (χ1v) is 7.77. The minimum atomic E-state index is 0. The fourth-order valence-corrected chi connectivity index (χ4v) is 2.92. The molecule has 1 aliphatic heterocycles. The largest absolute Gasteiger partial charge is 1.00 e. The van der Waals surface area contributed by atoms with Gasteiger partial charge < -0.3 is 22.0 Å². The number of rotatable bonds is 4. The monoisotopic (exact) mass is 316 g/mol. The standard InChI is InChI=1S/C19H23NO.ClH/c1-20-14-12-18(13-15-20)21-19(16-8-4-2-5-9-16)17-10-6-3-7-11-17;/h2-11,18-19H,12-15H2,1H3;1H/p-1. The molecule has 3 rings (SSSR count). The Balaban J connectivity index is 0.00000176. The van der Waals surface area contributed by atoms with Crippen molar-refractivity contribution in [3.05, 3.63) is 71.8 Å². The summed E-state index contributed by atoms with van der Waals surface area (Å²) in [4.78, 5) is 2.37. The van der Waals surface area contributed by atoms with Crippen LogP contribution in [0.2, 0.25) is 0 Å². The number of halogens is 1. The number of nitrogens with zero attached hydrogens (tertiary/aromatic N) is 1. The lowest BCUT2D eigenvalue weighted by atomic mass is 10.00. The van der Waals surface area contributed by atoms with Crippen LogP contribution in [0.4, 0.5) is 0 Å². The van der Waals surface area contributed by atoms with Gasteiger partial charge in [0.25, 0.3) is 0 Å². The van der Waals surface area contributed by atoms with Crippen molar-refractivity contribution in [2.45, 2.75) is 25.0 Å². The molecule has 2 nitrogen and oxygen atoms in total. The van der Waals surface area contributed by atoms with Gasteiger partial charge in [-0.1, -0.05) is 60.7 Å². The highest BCUT2D eigenvalue weighted by atomic mass is 35.5. The van der Waals surface area contributed by atoms with Crippen molar-refractivity contribution in [3.8, 4) is 0 Å². The first-order valence-electron chi connectivity index (χ1n) is 7.77. The molecule has 1 saturated heterocycles. The first-order chi connectivity index (χ1) is 10.3. The SMILES string of the molecule is CN1CCC(OC(c2ccccc2)c2ccccc2)CC1.[Cl-]. The van der Waals surface area contributed by atoms with Gasteiger partial charge in [0.2, 0.25) is 0 Å². The Kier molecular flexibility index (Phi) is 6.44. The molecule has 0 aliphatic carbocycles. The van der Waals surface area contributed by atoms with Gasteiger partial charge in [-0.3, -0.25) is 0 Å². The molecule has 1 heterocycles. The summed E-state index contributed by atoms with van der Waals surface area (Å²) in [5, 5.41) is 0. The van der Waals surface area contributed by atoms with E-state index in [1.165, 1.54) is 11.1 Å². The summed E-state index contributed by atoms with van der Waals surface area (Å²) in [5.41, 5.74) is 2.48. The van der Waals surface area contributed by atoms with Gasteiger partial charge in [0, 0.05) is 13.1 Å². The molecular formula is C19H23ClNO-. The third-order valence-electron chi connectivity index (χ3n) is 4.20. The smallest absolute Gasteiger partial charge is 0.108 e. The third kappa shape index (κ3) is 4.33. The van der Waals surface area contributed by atoms with E-state index in [0.29, 0.717) is 6.10 Å². The summed E-state index contributed by atoms with van der Waals surface area (Å²) in [6, 6.07) is 21.1. The van der Waals surface area contributed by atoms with Gasteiger partial charge in [-0.15, -0.1) is 0 Å². The Morgan fingerprint density at radius 2 is 1.32 bits per heavy atom. The maximum atomic E-state index is 6.49. The average molecular weight is 317 g/mol. The van der Waals surface area contributed by atoms with Crippen molar-refractivity contribution in [3.63, 3.8) is 0 Å². The predicted octanol–water partition coefficient (Wildman–Crippen LogP) is 0.891. The van der Waals surface area contributed by atoms with Gasteiger partial charge in [0.1, 0.15) is 6.10 Å². The van der Waals surface area contributed by atoms with Crippen molar-refractivity contribution >= 4 is 0 Å². The normalized spacial score (nSPS) is 16.5. The fraction of sp³-hybridized carbons (Fsp3) is 0.368. The highest BCUT2D eigenvalue weighted by Gasteiger charge is 2.23. The molecule has 0 aromatic heterocycles. The molecule has 0 bridgehead atoms. The fourth-order valence-electron chi connectivity index (χ4n) is 2.92. The summed E-state index contributed by atoms with van der Waals surface area (Å²) in [5.74, 6) is 0. The minimum Gasteiger partial charge on any atom is -1.00 e. The Bertz CT molecular complexity index is 498. The molecule has 2 aromatic carbocycles. The van der Waals surface area contributed by atoms with Gasteiger partial charge in [0.05, 0.1) is 6.10 Å². The number of ether oxygens (including phenoxy) is 1. The van der Waals surface area contributed by atoms with Crippen molar-refractivity contribution < 1.29 is 17.1 Å². The summed E-state index contributed by atoms with van der Waals surface area (Å²) < 4.78 is 6.49. The molecule has 1 fully saturated rings. The second kappa shape index (κ2) is 8.33. The van der Waals surface area contributed by atoms with Crippen molar-refractivity contribution in [1.82, 2.24) is 4.90 Å². The van der Waals surface area contributed by atoms with Crippen LogP contribution in [-0.2, 0) is 4.74 Å². The highest BCUT2D eigenvalue weighted by Crippen LogP contribution is 2.29. The van der Waals surface area contributed by atoms with E-state index in [2.05, 4.69) is 72.6 Å². The number of benzene rings is 2. The van der Waals surface area contributed by atoms with Gasteiger partial charge >= 0.3 is 0 Å². The molecule has 0 N–H and O–H groups in total. The van der Waals surface area contributed by atoms with Gasteiger partial charge in [-0.05, 0) is 31.0 Å². The Morgan fingerprint density at radius 3 is 1.77 bits per heavy atom. The maximum Gasteiger partial charge on any atom is 0.108 e. The number of hydrogen-bond acceptors (Lipinski definition) is 2. The van der Waals surface area contributed by atoms with Gasteiger partial charge in [-0.25, -0.2) is 0 Å². The molecule has 0 atom stereocenters. The van der Waals surface area contributed by atoms with Crippen LogP contribution in [0.1, 0.15) is 30.1 Å². The Labute approximate surface area is 139 Å². The molecule has 3 heteroatoms. The van der Waals surface area contributed by atoms with E-state index >= 15 is 0 Å². The van der Waals surface area contributed by atoms with Crippen molar-refractivity contribution in [2.75, 3.05) is 20.1 Å². The average Bonchev–Trinajstić information content (AvgIpc) is 2.56. The first kappa shape index (κ1) is 17.0. The quantitative estimate of drug-likeness (QED) is 0.831. The maximum absolute atomic E-state index is 6.49. The zero-order valence-corrected chi connectivity index (χ0v) is 13.7. The molecule has 0 amide bonds. The van der Waals surface area contributed by atoms with Crippen LogP contribution >= 0.6 is 0 Å².